The van der Waals surface area contributed by atoms with Crippen LogP contribution in [0.2, 0.25) is 0 Å². The zero-order valence-electron chi connectivity index (χ0n) is 16.3. The highest BCUT2D eigenvalue weighted by Crippen LogP contribution is 2.27. The van der Waals surface area contributed by atoms with Crippen molar-refractivity contribution >= 4 is 17.8 Å². The molecule has 0 radical (unpaired) electrons. The van der Waals surface area contributed by atoms with Crippen LogP contribution in [0.5, 0.6) is 0 Å². The second-order valence-electron chi connectivity index (χ2n) is 7.59. The molecule has 1 aliphatic heterocycles. The summed E-state index contributed by atoms with van der Waals surface area (Å²) in [6.07, 6.45) is 6.58. The maximum atomic E-state index is 13.1. The predicted molar refractivity (Wildman–Crippen MR) is 98.3 cm³/mol. The summed E-state index contributed by atoms with van der Waals surface area (Å²) < 4.78 is 6.41. The van der Waals surface area contributed by atoms with Crippen LogP contribution in [-0.2, 0) is 16.1 Å². The number of nitrogens with one attached hydrogen (secondary N) is 1. The van der Waals surface area contributed by atoms with Crippen molar-refractivity contribution < 1.29 is 19.1 Å². The van der Waals surface area contributed by atoms with Gasteiger partial charge in [0.15, 0.2) is 5.69 Å². The maximum Gasteiger partial charge on any atom is 0.358 e. The predicted octanol–water partition coefficient (Wildman–Crippen LogP) is 1.74. The first-order chi connectivity index (χ1) is 12.9. The van der Waals surface area contributed by atoms with Crippen molar-refractivity contribution in [1.29, 1.82) is 0 Å². The molecule has 1 atom stereocenters. The zero-order chi connectivity index (χ0) is 19.6. The van der Waals surface area contributed by atoms with Gasteiger partial charge < -0.3 is 15.0 Å². The summed E-state index contributed by atoms with van der Waals surface area (Å²) in [4.78, 5) is 39.3. The molecule has 1 fully saturated rings. The van der Waals surface area contributed by atoms with E-state index in [4.69, 9.17) is 4.74 Å². The Morgan fingerprint density at radius 2 is 1.96 bits per heavy atom. The van der Waals surface area contributed by atoms with Gasteiger partial charge in [0, 0.05) is 19.2 Å². The Morgan fingerprint density at radius 1 is 1.30 bits per heavy atom. The van der Waals surface area contributed by atoms with Crippen LogP contribution >= 0.6 is 0 Å². The number of carbonyl (C=O) groups is 3. The minimum atomic E-state index is -1.06. The average molecular weight is 376 g/mol. The molecule has 1 saturated carbocycles. The standard InChI is InChI=1S/C19H28N4O4/c1-4-27-17(25)14-11-15-16(24)22(3)19(2,12-23(15)21-14)18(26)20-13-9-7-5-6-8-10-13/h11,13H,4-10,12H2,1-3H3,(H,20,26). The molecule has 3 rings (SSSR count). The summed E-state index contributed by atoms with van der Waals surface area (Å²) in [5.41, 5.74) is -0.684. The molecule has 8 nitrogen and oxygen atoms in total. The topological polar surface area (TPSA) is 93.5 Å². The summed E-state index contributed by atoms with van der Waals surface area (Å²) >= 11 is 0. The molecule has 2 aliphatic rings. The van der Waals surface area contributed by atoms with Crippen LogP contribution in [-0.4, -0.2) is 57.7 Å². The lowest BCUT2D eigenvalue weighted by molar-refractivity contribution is -0.133. The number of likely N-dealkylation sites (N-methyl/N-ethyl adjacent to an activating group) is 1. The van der Waals surface area contributed by atoms with Crippen LogP contribution in [0, 0.1) is 0 Å². The molecule has 0 spiro atoms. The molecule has 148 valence electrons. The van der Waals surface area contributed by atoms with Crippen LogP contribution in [0.25, 0.3) is 0 Å². The summed E-state index contributed by atoms with van der Waals surface area (Å²) in [5, 5.41) is 7.34. The third-order valence-electron chi connectivity index (χ3n) is 5.67. The van der Waals surface area contributed by atoms with E-state index in [0.29, 0.717) is 5.69 Å². The SMILES string of the molecule is CCOC(=O)c1cc2n(n1)CC(C)(C(=O)NC1CCCCCC1)N(C)C2=O. The number of ether oxygens (including phenoxy) is 1. The van der Waals surface area contributed by atoms with E-state index in [2.05, 4.69) is 10.4 Å². The van der Waals surface area contributed by atoms with Crippen molar-refractivity contribution in [2.75, 3.05) is 13.7 Å². The third kappa shape index (κ3) is 3.70. The Balaban J connectivity index is 1.81. The highest BCUT2D eigenvalue weighted by atomic mass is 16.5. The fraction of sp³-hybridized carbons (Fsp3) is 0.684. The van der Waals surface area contributed by atoms with Gasteiger partial charge in [0.1, 0.15) is 11.2 Å². The number of aromatic nitrogens is 2. The van der Waals surface area contributed by atoms with Crippen molar-refractivity contribution in [2.24, 2.45) is 0 Å². The molecule has 1 N–H and O–H groups in total. The number of hydrogen-bond donors (Lipinski definition) is 1. The van der Waals surface area contributed by atoms with Crippen molar-refractivity contribution in [3.63, 3.8) is 0 Å². The van der Waals surface area contributed by atoms with Crippen LogP contribution in [0.1, 0.15) is 73.3 Å². The minimum absolute atomic E-state index is 0.0852. The van der Waals surface area contributed by atoms with Crippen LogP contribution in [0.3, 0.4) is 0 Å². The minimum Gasteiger partial charge on any atom is -0.461 e. The van der Waals surface area contributed by atoms with E-state index in [9.17, 15) is 14.4 Å². The monoisotopic (exact) mass is 376 g/mol. The Morgan fingerprint density at radius 3 is 2.59 bits per heavy atom. The van der Waals surface area contributed by atoms with Gasteiger partial charge >= 0.3 is 5.97 Å². The molecule has 0 saturated heterocycles. The zero-order valence-corrected chi connectivity index (χ0v) is 16.3. The lowest BCUT2D eigenvalue weighted by Gasteiger charge is -2.41. The normalized spacial score (nSPS) is 23.5. The van der Waals surface area contributed by atoms with Gasteiger partial charge in [-0.2, -0.15) is 5.10 Å². The summed E-state index contributed by atoms with van der Waals surface area (Å²) in [6.45, 7) is 3.88. The molecule has 0 bridgehead atoms. The first-order valence-corrected chi connectivity index (χ1v) is 9.71. The number of rotatable bonds is 4. The first kappa shape index (κ1) is 19.4. The van der Waals surface area contributed by atoms with E-state index in [1.807, 2.05) is 0 Å². The van der Waals surface area contributed by atoms with Gasteiger partial charge in [-0.15, -0.1) is 0 Å². The van der Waals surface area contributed by atoms with Crippen molar-refractivity contribution in [3.05, 3.63) is 17.5 Å². The molecule has 8 heteroatoms. The van der Waals surface area contributed by atoms with Gasteiger partial charge in [0.25, 0.3) is 5.91 Å². The van der Waals surface area contributed by atoms with Crippen molar-refractivity contribution in [3.8, 4) is 0 Å². The fourth-order valence-corrected chi connectivity index (χ4v) is 3.80. The summed E-state index contributed by atoms with van der Waals surface area (Å²) in [5.74, 6) is -1.08. The van der Waals surface area contributed by atoms with Crippen molar-refractivity contribution in [2.45, 2.75) is 70.5 Å². The number of nitrogens with zero attached hydrogens (tertiary/aromatic N) is 3. The fourth-order valence-electron chi connectivity index (χ4n) is 3.80. The van der Waals surface area contributed by atoms with E-state index in [0.717, 1.165) is 25.7 Å². The number of hydrogen-bond acceptors (Lipinski definition) is 5. The number of fused-ring (bicyclic) bond motifs is 1. The highest BCUT2D eigenvalue weighted by molar-refractivity contribution is 6.01. The first-order valence-electron chi connectivity index (χ1n) is 9.71. The average Bonchev–Trinajstić information content (AvgIpc) is 2.89. The van der Waals surface area contributed by atoms with Gasteiger partial charge in [-0.25, -0.2) is 4.79 Å². The lowest BCUT2D eigenvalue weighted by Crippen LogP contribution is -2.63. The molecule has 1 unspecified atom stereocenters. The molecule has 0 aromatic carbocycles. The van der Waals surface area contributed by atoms with Gasteiger partial charge in [0.05, 0.1) is 13.2 Å². The second-order valence-corrected chi connectivity index (χ2v) is 7.59. The van der Waals surface area contributed by atoms with Crippen LogP contribution < -0.4 is 5.32 Å². The number of carbonyl (C=O) groups excluding carboxylic acids is 3. The quantitative estimate of drug-likeness (QED) is 0.638. The maximum absolute atomic E-state index is 13.1. The molecule has 2 amide bonds. The Kier molecular flexibility index (Phi) is 5.53. The molecule has 27 heavy (non-hydrogen) atoms. The molecule has 1 aliphatic carbocycles. The summed E-state index contributed by atoms with van der Waals surface area (Å²) in [7, 11) is 1.62. The smallest absolute Gasteiger partial charge is 0.358 e. The summed E-state index contributed by atoms with van der Waals surface area (Å²) in [6, 6.07) is 1.58. The number of esters is 1. The third-order valence-corrected chi connectivity index (χ3v) is 5.67. The molecular formula is C19H28N4O4. The second kappa shape index (κ2) is 7.70. The van der Waals surface area contributed by atoms with Crippen LogP contribution in [0.4, 0.5) is 0 Å². The highest BCUT2D eigenvalue weighted by Gasteiger charge is 2.46. The van der Waals surface area contributed by atoms with Gasteiger partial charge in [-0.3, -0.25) is 14.3 Å². The Bertz CT molecular complexity index is 736. The van der Waals surface area contributed by atoms with E-state index in [-0.39, 0.29) is 36.7 Å². The van der Waals surface area contributed by atoms with Gasteiger partial charge in [-0.1, -0.05) is 25.7 Å². The van der Waals surface area contributed by atoms with Crippen LogP contribution in [0.15, 0.2) is 6.07 Å². The Labute approximate surface area is 159 Å². The van der Waals surface area contributed by atoms with Gasteiger partial charge in [-0.05, 0) is 26.7 Å². The molecular weight excluding hydrogens is 348 g/mol. The van der Waals surface area contributed by atoms with E-state index in [1.54, 1.807) is 20.9 Å². The van der Waals surface area contributed by atoms with Crippen molar-refractivity contribution in [1.82, 2.24) is 20.0 Å². The molecule has 1 aromatic rings. The Hall–Kier alpha value is -2.38. The van der Waals surface area contributed by atoms with E-state index in [1.165, 1.54) is 28.5 Å². The largest absolute Gasteiger partial charge is 0.461 e. The number of amides is 2. The molecule has 1 aromatic heterocycles. The lowest BCUT2D eigenvalue weighted by atomic mass is 9.95. The van der Waals surface area contributed by atoms with E-state index >= 15 is 0 Å². The molecule has 2 heterocycles. The van der Waals surface area contributed by atoms with Gasteiger partial charge in [0.2, 0.25) is 5.91 Å². The van der Waals surface area contributed by atoms with E-state index < -0.39 is 11.5 Å².